The fourth-order valence-electron chi connectivity index (χ4n) is 2.15. The molecule has 0 fully saturated rings. The van der Waals surface area contributed by atoms with Crippen molar-refractivity contribution in [1.29, 1.82) is 0 Å². The van der Waals surface area contributed by atoms with Gasteiger partial charge in [0.1, 0.15) is 0 Å². The Labute approximate surface area is 121 Å². The van der Waals surface area contributed by atoms with Crippen LogP contribution >= 0.6 is 0 Å². The zero-order valence-corrected chi connectivity index (χ0v) is 12.0. The molecule has 0 aliphatic rings. The van der Waals surface area contributed by atoms with E-state index in [4.69, 9.17) is 0 Å². The number of benzene rings is 1. The minimum Gasteiger partial charge on any atom is -0.253 e. The molecule has 1 aromatic carbocycles. The van der Waals surface area contributed by atoms with Gasteiger partial charge in [-0.3, -0.25) is 4.98 Å². The summed E-state index contributed by atoms with van der Waals surface area (Å²) >= 11 is 0. The maximum Gasteiger partial charge on any atom is 0.0711 e. The van der Waals surface area contributed by atoms with E-state index in [-0.39, 0.29) is 0 Å². The quantitative estimate of drug-likeness (QED) is 0.689. The summed E-state index contributed by atoms with van der Waals surface area (Å²) in [5.41, 5.74) is 5.45. The average molecular weight is 261 g/mol. The van der Waals surface area contributed by atoms with Gasteiger partial charge in [0.15, 0.2) is 0 Å². The third-order valence-corrected chi connectivity index (χ3v) is 3.00. The van der Waals surface area contributed by atoms with Crippen LogP contribution in [-0.2, 0) is 0 Å². The van der Waals surface area contributed by atoms with Gasteiger partial charge >= 0.3 is 0 Å². The standard InChI is InChI=1S/C19H19N/c1-4-9-17(10-5-2)19-14-18(13-15(3)20-19)16-11-7-6-8-12-16/h4-14H,1H2,2-3H3/b10-5-,17-9+. The van der Waals surface area contributed by atoms with E-state index < -0.39 is 0 Å². The van der Waals surface area contributed by atoms with Crippen LogP contribution in [0.1, 0.15) is 18.3 Å². The molecule has 1 aromatic heterocycles. The Morgan fingerprint density at radius 2 is 1.85 bits per heavy atom. The first-order chi connectivity index (χ1) is 9.74. The van der Waals surface area contributed by atoms with Crippen molar-refractivity contribution in [2.75, 3.05) is 0 Å². The Hall–Kier alpha value is -2.41. The molecule has 1 heterocycles. The molecule has 100 valence electrons. The lowest BCUT2D eigenvalue weighted by Gasteiger charge is -2.08. The Kier molecular flexibility index (Phi) is 4.67. The minimum atomic E-state index is 0.974. The van der Waals surface area contributed by atoms with E-state index in [1.165, 1.54) is 11.1 Å². The second-order valence-electron chi connectivity index (χ2n) is 4.61. The molecular weight excluding hydrogens is 242 g/mol. The summed E-state index contributed by atoms with van der Waals surface area (Å²) in [5.74, 6) is 0. The van der Waals surface area contributed by atoms with Crippen molar-refractivity contribution in [2.45, 2.75) is 13.8 Å². The van der Waals surface area contributed by atoms with Gasteiger partial charge in [0.05, 0.1) is 5.69 Å². The van der Waals surface area contributed by atoms with E-state index in [1.54, 1.807) is 6.08 Å². The fourth-order valence-corrected chi connectivity index (χ4v) is 2.15. The fraction of sp³-hybridized carbons (Fsp3) is 0.105. The van der Waals surface area contributed by atoms with Gasteiger partial charge in [-0.2, -0.15) is 0 Å². The summed E-state index contributed by atoms with van der Waals surface area (Å²) in [4.78, 5) is 4.63. The van der Waals surface area contributed by atoms with E-state index in [0.717, 1.165) is 17.0 Å². The van der Waals surface area contributed by atoms with Crippen molar-refractivity contribution in [2.24, 2.45) is 0 Å². The molecule has 2 rings (SSSR count). The van der Waals surface area contributed by atoms with E-state index >= 15 is 0 Å². The topological polar surface area (TPSA) is 12.9 Å². The predicted octanol–water partition coefficient (Wildman–Crippen LogP) is 5.20. The van der Waals surface area contributed by atoms with E-state index in [1.807, 2.05) is 32.1 Å². The Balaban J connectivity index is 2.54. The monoisotopic (exact) mass is 261 g/mol. The van der Waals surface area contributed by atoms with Crippen molar-refractivity contribution in [3.63, 3.8) is 0 Å². The molecule has 0 aliphatic heterocycles. The summed E-state index contributed by atoms with van der Waals surface area (Å²) in [5, 5.41) is 0. The zero-order valence-electron chi connectivity index (χ0n) is 12.0. The lowest BCUT2D eigenvalue weighted by molar-refractivity contribution is 1.17. The first-order valence-electron chi connectivity index (χ1n) is 6.74. The summed E-state index contributed by atoms with van der Waals surface area (Å²) in [7, 11) is 0. The number of rotatable bonds is 4. The van der Waals surface area contributed by atoms with Crippen molar-refractivity contribution < 1.29 is 0 Å². The second-order valence-corrected chi connectivity index (χ2v) is 4.61. The average Bonchev–Trinajstić information content (AvgIpc) is 2.47. The number of hydrogen-bond donors (Lipinski definition) is 0. The van der Waals surface area contributed by atoms with Crippen LogP contribution in [0.4, 0.5) is 0 Å². The summed E-state index contributed by atoms with van der Waals surface area (Å²) in [6, 6.07) is 14.6. The van der Waals surface area contributed by atoms with E-state index in [0.29, 0.717) is 0 Å². The van der Waals surface area contributed by atoms with Crippen LogP contribution in [0.15, 0.2) is 73.3 Å². The van der Waals surface area contributed by atoms with Gasteiger partial charge in [0, 0.05) is 5.69 Å². The summed E-state index contributed by atoms with van der Waals surface area (Å²) in [6.45, 7) is 7.80. The van der Waals surface area contributed by atoms with Gasteiger partial charge in [-0.15, -0.1) is 0 Å². The lowest BCUT2D eigenvalue weighted by Crippen LogP contribution is -1.92. The molecule has 0 radical (unpaired) electrons. The number of aromatic nitrogens is 1. The molecule has 2 aromatic rings. The van der Waals surface area contributed by atoms with Crippen molar-refractivity contribution in [1.82, 2.24) is 4.98 Å². The van der Waals surface area contributed by atoms with Crippen LogP contribution in [0, 0.1) is 6.92 Å². The molecule has 0 saturated heterocycles. The second kappa shape index (κ2) is 6.67. The van der Waals surface area contributed by atoms with Crippen molar-refractivity contribution in [3.05, 3.63) is 84.7 Å². The number of aryl methyl sites for hydroxylation is 1. The van der Waals surface area contributed by atoms with Gasteiger partial charge in [-0.05, 0) is 42.7 Å². The number of nitrogens with zero attached hydrogens (tertiary/aromatic N) is 1. The normalized spacial score (nSPS) is 11.8. The zero-order chi connectivity index (χ0) is 14.4. The van der Waals surface area contributed by atoms with Gasteiger partial charge in [0.2, 0.25) is 0 Å². The van der Waals surface area contributed by atoms with Crippen molar-refractivity contribution >= 4 is 5.57 Å². The highest BCUT2D eigenvalue weighted by atomic mass is 14.7. The SMILES string of the molecule is C=C/C=C(\C=C/C)c1cc(-c2ccccc2)cc(C)n1. The highest BCUT2D eigenvalue weighted by molar-refractivity contribution is 5.76. The van der Waals surface area contributed by atoms with Crippen LogP contribution in [0.25, 0.3) is 16.7 Å². The molecule has 0 amide bonds. The van der Waals surface area contributed by atoms with Crippen LogP contribution in [0.2, 0.25) is 0 Å². The number of pyridine rings is 1. The third kappa shape index (κ3) is 3.33. The molecular formula is C19H19N. The van der Waals surface area contributed by atoms with E-state index in [9.17, 15) is 0 Å². The largest absolute Gasteiger partial charge is 0.253 e. The molecule has 0 aliphatic carbocycles. The Bertz CT molecular complexity index is 649. The minimum absolute atomic E-state index is 0.974. The highest BCUT2D eigenvalue weighted by Gasteiger charge is 2.05. The maximum atomic E-state index is 4.63. The molecule has 0 unspecified atom stereocenters. The molecule has 1 heteroatoms. The molecule has 0 saturated carbocycles. The maximum absolute atomic E-state index is 4.63. The summed E-state index contributed by atoms with van der Waals surface area (Å²) in [6.07, 6.45) is 7.85. The Morgan fingerprint density at radius 1 is 1.10 bits per heavy atom. The van der Waals surface area contributed by atoms with Gasteiger partial charge in [-0.25, -0.2) is 0 Å². The molecule has 0 N–H and O–H groups in total. The molecule has 0 atom stereocenters. The van der Waals surface area contributed by atoms with Crippen LogP contribution in [0.3, 0.4) is 0 Å². The molecule has 0 bridgehead atoms. The first kappa shape index (κ1) is 14.0. The van der Waals surface area contributed by atoms with Crippen LogP contribution in [0.5, 0.6) is 0 Å². The highest BCUT2D eigenvalue weighted by Crippen LogP contribution is 2.24. The summed E-state index contributed by atoms with van der Waals surface area (Å²) < 4.78 is 0. The Morgan fingerprint density at radius 3 is 2.50 bits per heavy atom. The van der Waals surface area contributed by atoms with Gasteiger partial charge in [-0.1, -0.05) is 61.2 Å². The third-order valence-electron chi connectivity index (χ3n) is 3.00. The van der Waals surface area contributed by atoms with Crippen LogP contribution < -0.4 is 0 Å². The number of allylic oxidation sites excluding steroid dienone is 5. The van der Waals surface area contributed by atoms with E-state index in [2.05, 4.69) is 54.0 Å². The first-order valence-corrected chi connectivity index (χ1v) is 6.74. The molecule has 0 spiro atoms. The number of hydrogen-bond acceptors (Lipinski definition) is 1. The van der Waals surface area contributed by atoms with Gasteiger partial charge in [0.25, 0.3) is 0 Å². The predicted molar refractivity (Wildman–Crippen MR) is 87.4 cm³/mol. The molecule has 1 nitrogen and oxygen atoms in total. The van der Waals surface area contributed by atoms with Crippen molar-refractivity contribution in [3.8, 4) is 11.1 Å². The molecule has 20 heavy (non-hydrogen) atoms. The lowest BCUT2D eigenvalue weighted by atomic mass is 10.0. The van der Waals surface area contributed by atoms with Crippen LogP contribution in [-0.4, -0.2) is 4.98 Å². The van der Waals surface area contributed by atoms with Gasteiger partial charge < -0.3 is 0 Å². The smallest absolute Gasteiger partial charge is 0.0711 e.